The molecule has 0 saturated heterocycles. The minimum atomic E-state index is -0.615. The van der Waals surface area contributed by atoms with Crippen molar-refractivity contribution >= 4 is 27.8 Å². The van der Waals surface area contributed by atoms with Crippen molar-refractivity contribution in [2.24, 2.45) is 0 Å². The second-order valence-electron chi connectivity index (χ2n) is 17.2. The van der Waals surface area contributed by atoms with Gasteiger partial charge in [0, 0.05) is 56.2 Å². The van der Waals surface area contributed by atoms with Crippen LogP contribution in [0.1, 0.15) is 22.3 Å². The van der Waals surface area contributed by atoms with Gasteiger partial charge in [-0.15, -0.1) is 0 Å². The van der Waals surface area contributed by atoms with Crippen molar-refractivity contribution in [1.29, 1.82) is 0 Å². The third-order valence-electron chi connectivity index (χ3n) is 13.7. The third kappa shape index (κ3) is 5.15. The molecule has 0 amide bonds. The Morgan fingerprint density at radius 3 is 1.58 bits per heavy atom. The van der Waals surface area contributed by atoms with Gasteiger partial charge in [0.2, 0.25) is 0 Å². The van der Waals surface area contributed by atoms with E-state index in [2.05, 4.69) is 145 Å². The first-order valence-corrected chi connectivity index (χ1v) is 22.3. The number of hydrogen-bond donors (Lipinski definition) is 0. The number of rotatable bonds is 5. The highest BCUT2D eigenvalue weighted by Crippen LogP contribution is 2.65. The quantitative estimate of drug-likeness (QED) is 0.172. The number of nitrogens with zero attached hydrogens (tertiary/aromatic N) is 6. The number of fused-ring (bicyclic) bond motifs is 13. The Hall–Kier alpha value is -8.87. The van der Waals surface area contributed by atoms with Crippen LogP contribution in [0.5, 0.6) is 0 Å². The molecule has 0 fully saturated rings. The Labute approximate surface area is 381 Å². The van der Waals surface area contributed by atoms with Gasteiger partial charge < -0.3 is 4.90 Å². The van der Waals surface area contributed by atoms with Gasteiger partial charge in [-0.3, -0.25) is 0 Å². The predicted octanol–water partition coefficient (Wildman–Crippen LogP) is 14.3. The first kappa shape index (κ1) is 36.6. The Kier molecular flexibility index (Phi) is 7.80. The van der Waals surface area contributed by atoms with Crippen LogP contribution in [0.2, 0.25) is 0 Å². The van der Waals surface area contributed by atoms with Crippen LogP contribution in [0.15, 0.2) is 219 Å². The molecule has 1 aliphatic heterocycles. The predicted molar refractivity (Wildman–Crippen MR) is 265 cm³/mol. The maximum atomic E-state index is 5.38. The topological polar surface area (TPSA) is 67.7 Å². The third-order valence-corrected chi connectivity index (χ3v) is 13.7. The zero-order chi connectivity index (χ0) is 43.3. The fourth-order valence-corrected chi connectivity index (χ4v) is 11.0. The molecule has 2 aliphatic carbocycles. The van der Waals surface area contributed by atoms with Crippen LogP contribution in [0, 0.1) is 0 Å². The highest BCUT2D eigenvalue weighted by Gasteiger charge is 2.53. The van der Waals surface area contributed by atoms with Crippen LogP contribution in [0.3, 0.4) is 0 Å². The molecule has 0 saturated carbocycles. The van der Waals surface area contributed by atoms with Gasteiger partial charge in [-0.25, -0.2) is 24.9 Å². The average molecular weight is 841 g/mol. The second kappa shape index (κ2) is 14.1. The first-order chi connectivity index (χ1) is 32.7. The molecule has 2 aromatic heterocycles. The van der Waals surface area contributed by atoms with E-state index in [1.807, 2.05) is 78.9 Å². The molecular weight excluding hydrogens is 805 g/mol. The maximum absolute atomic E-state index is 5.38. The van der Waals surface area contributed by atoms with Crippen LogP contribution >= 0.6 is 0 Å². The molecule has 306 valence electrons. The summed E-state index contributed by atoms with van der Waals surface area (Å²) in [5.41, 5.74) is 18.3. The normalized spacial score (nSPS) is 14.7. The lowest BCUT2D eigenvalue weighted by Gasteiger charge is -2.35. The molecule has 3 heterocycles. The van der Waals surface area contributed by atoms with Crippen molar-refractivity contribution in [3.05, 3.63) is 241 Å². The van der Waals surface area contributed by atoms with Crippen molar-refractivity contribution in [2.75, 3.05) is 4.90 Å². The smallest absolute Gasteiger partial charge is 0.164 e. The van der Waals surface area contributed by atoms with Gasteiger partial charge >= 0.3 is 0 Å². The fraction of sp³-hybridized carbons (Fsp3) is 0.0167. The molecule has 14 rings (SSSR count). The highest BCUT2D eigenvalue weighted by atomic mass is 15.2. The maximum Gasteiger partial charge on any atom is 0.164 e. The molecule has 3 aliphatic rings. The minimum Gasteiger partial charge on any atom is -0.309 e. The average Bonchev–Trinajstić information content (AvgIpc) is 3.86. The van der Waals surface area contributed by atoms with Gasteiger partial charge in [0.05, 0.1) is 22.5 Å². The van der Waals surface area contributed by atoms with Crippen molar-refractivity contribution in [2.45, 2.75) is 5.41 Å². The van der Waals surface area contributed by atoms with E-state index < -0.39 is 5.41 Å². The van der Waals surface area contributed by atoms with E-state index in [9.17, 15) is 0 Å². The van der Waals surface area contributed by atoms with Gasteiger partial charge in [0.15, 0.2) is 23.3 Å². The monoisotopic (exact) mass is 840 g/mol. The number of para-hydroxylation sites is 1. The lowest BCUT2D eigenvalue weighted by Crippen LogP contribution is -2.26. The summed E-state index contributed by atoms with van der Waals surface area (Å²) in [5, 5.41) is 2.43. The molecule has 0 N–H and O–H groups in total. The molecular formula is C60H36N6. The van der Waals surface area contributed by atoms with Crippen molar-refractivity contribution in [3.8, 4) is 79.1 Å². The number of hydrogen-bond acceptors (Lipinski definition) is 6. The molecule has 1 unspecified atom stereocenters. The van der Waals surface area contributed by atoms with E-state index in [0.29, 0.717) is 17.5 Å². The summed E-state index contributed by atoms with van der Waals surface area (Å²) < 4.78 is 0. The van der Waals surface area contributed by atoms with E-state index in [1.165, 1.54) is 49.7 Å². The number of anilines is 3. The molecule has 0 bridgehead atoms. The van der Waals surface area contributed by atoms with Crippen LogP contribution < -0.4 is 4.90 Å². The summed E-state index contributed by atoms with van der Waals surface area (Å²) in [6.07, 6.45) is 2.10. The Bertz CT molecular complexity index is 3720. The Balaban J connectivity index is 0.990. The Morgan fingerprint density at radius 2 is 0.879 bits per heavy atom. The van der Waals surface area contributed by atoms with E-state index >= 15 is 0 Å². The highest BCUT2D eigenvalue weighted by molar-refractivity contribution is 6.20. The first-order valence-electron chi connectivity index (χ1n) is 22.3. The van der Waals surface area contributed by atoms with E-state index in [4.69, 9.17) is 24.9 Å². The Morgan fingerprint density at radius 1 is 0.348 bits per heavy atom. The van der Waals surface area contributed by atoms with Crippen molar-refractivity contribution in [3.63, 3.8) is 0 Å². The van der Waals surface area contributed by atoms with Gasteiger partial charge in [-0.05, 0) is 69.1 Å². The summed E-state index contributed by atoms with van der Waals surface area (Å²) >= 11 is 0. The van der Waals surface area contributed by atoms with Crippen LogP contribution in [-0.2, 0) is 5.41 Å². The van der Waals surface area contributed by atoms with Gasteiger partial charge in [0.1, 0.15) is 0 Å². The van der Waals surface area contributed by atoms with E-state index in [1.54, 1.807) is 0 Å². The lowest BCUT2D eigenvalue weighted by atomic mass is 9.70. The van der Waals surface area contributed by atoms with Gasteiger partial charge in [-0.2, -0.15) is 0 Å². The lowest BCUT2D eigenvalue weighted by molar-refractivity contribution is 0.786. The zero-order valence-corrected chi connectivity index (χ0v) is 35.5. The standard InChI is InChI=1S/C60H36N6/c1-4-18-37(19-5-1)56-61-36-50-55(62-56)44-28-11-14-31-48(44)60(50)47-30-13-10-27-43(47)53-45-29-17-33-52-54(45)46(35-49(53)60)42-26-12-15-32-51(42)66(52)41-25-16-24-40(34-41)59-64-57(38-20-6-2-7-21-38)63-58(65-59)39-22-8-3-9-23-39/h1-36H. The molecule has 6 heteroatoms. The molecule has 0 radical (unpaired) electrons. The number of aromatic nitrogens is 5. The minimum absolute atomic E-state index is 0.615. The van der Waals surface area contributed by atoms with Gasteiger partial charge in [0.25, 0.3) is 0 Å². The molecule has 1 atom stereocenters. The molecule has 6 nitrogen and oxygen atoms in total. The van der Waals surface area contributed by atoms with E-state index in [0.717, 1.165) is 62.0 Å². The molecule has 11 aromatic rings. The summed E-state index contributed by atoms with van der Waals surface area (Å²) in [6, 6.07) is 75.1. The SMILES string of the molecule is c1ccc(-c2nc(-c3ccccc3)nc(-c3cccc(N4c5ccccc5-c5cc6c(c7cccc4c57)-c4ccccc4C64c5ccccc5-c5nc(-c6ccccc6)ncc54)c3)n2)cc1. The summed E-state index contributed by atoms with van der Waals surface area (Å²) in [5.74, 6) is 2.61. The van der Waals surface area contributed by atoms with Crippen LogP contribution in [0.25, 0.3) is 89.8 Å². The zero-order valence-electron chi connectivity index (χ0n) is 35.5. The second-order valence-corrected chi connectivity index (χ2v) is 17.2. The van der Waals surface area contributed by atoms with Crippen molar-refractivity contribution < 1.29 is 0 Å². The summed E-state index contributed by atoms with van der Waals surface area (Å²) in [4.78, 5) is 28.1. The summed E-state index contributed by atoms with van der Waals surface area (Å²) in [7, 11) is 0. The van der Waals surface area contributed by atoms with Crippen LogP contribution in [-0.4, -0.2) is 24.9 Å². The van der Waals surface area contributed by atoms with Gasteiger partial charge in [-0.1, -0.05) is 182 Å². The molecule has 1 spiro atoms. The van der Waals surface area contributed by atoms with Crippen LogP contribution in [0.4, 0.5) is 17.1 Å². The fourth-order valence-electron chi connectivity index (χ4n) is 11.0. The number of benzene rings is 9. The van der Waals surface area contributed by atoms with E-state index in [-0.39, 0.29) is 0 Å². The largest absolute Gasteiger partial charge is 0.309 e. The molecule has 66 heavy (non-hydrogen) atoms. The summed E-state index contributed by atoms with van der Waals surface area (Å²) in [6.45, 7) is 0. The van der Waals surface area contributed by atoms with Crippen molar-refractivity contribution in [1.82, 2.24) is 24.9 Å². The molecule has 9 aromatic carbocycles.